The lowest BCUT2D eigenvalue weighted by atomic mass is 9.92. The Hall–Kier alpha value is -0.910. The molecule has 16 heavy (non-hydrogen) atoms. The molecule has 0 aromatic heterocycles. The van der Waals surface area contributed by atoms with Crippen molar-refractivity contribution in [2.75, 3.05) is 20.8 Å². The van der Waals surface area contributed by atoms with Crippen LogP contribution >= 0.6 is 0 Å². The average Bonchev–Trinajstić information content (AvgIpc) is 2.81. The number of ether oxygens (including phenoxy) is 4. The van der Waals surface area contributed by atoms with E-state index in [0.717, 1.165) is 5.57 Å². The number of carbonyl (C=O) groups is 1. The van der Waals surface area contributed by atoms with Crippen LogP contribution in [0.25, 0.3) is 0 Å². The molecule has 0 bridgehead atoms. The smallest absolute Gasteiger partial charge is 0.308 e. The van der Waals surface area contributed by atoms with Crippen LogP contribution in [-0.2, 0) is 23.7 Å². The van der Waals surface area contributed by atoms with E-state index in [2.05, 4.69) is 11.3 Å². The van der Waals surface area contributed by atoms with Gasteiger partial charge < -0.3 is 18.9 Å². The van der Waals surface area contributed by atoms with Crippen molar-refractivity contribution in [1.29, 1.82) is 0 Å². The lowest BCUT2D eigenvalue weighted by Crippen LogP contribution is -2.26. The molecule has 0 radical (unpaired) electrons. The second kappa shape index (κ2) is 4.53. The molecule has 4 atom stereocenters. The van der Waals surface area contributed by atoms with Gasteiger partial charge in [0, 0.05) is 13.0 Å². The van der Waals surface area contributed by atoms with Gasteiger partial charge in [-0.1, -0.05) is 6.58 Å². The van der Waals surface area contributed by atoms with Crippen LogP contribution in [0.5, 0.6) is 0 Å². The number of carbonyl (C=O) groups excluding carboxylic acids is 1. The van der Waals surface area contributed by atoms with Crippen molar-refractivity contribution in [2.24, 2.45) is 5.92 Å². The SMILES string of the molecule is C=C1COC2[C@H](OC)O[C@@H](CC(=O)OC)[C@H]12. The van der Waals surface area contributed by atoms with Crippen LogP contribution in [0.3, 0.4) is 0 Å². The molecule has 2 aliphatic rings. The predicted molar refractivity (Wildman–Crippen MR) is 54.7 cm³/mol. The summed E-state index contributed by atoms with van der Waals surface area (Å²) in [6.07, 6.45) is -0.608. The predicted octanol–water partition coefficient (Wildman–Crippen LogP) is 0.492. The Kier molecular flexibility index (Phi) is 3.28. The highest BCUT2D eigenvalue weighted by Crippen LogP contribution is 2.40. The van der Waals surface area contributed by atoms with Gasteiger partial charge in [-0.15, -0.1) is 0 Å². The Bertz CT molecular complexity index is 301. The van der Waals surface area contributed by atoms with Crippen LogP contribution in [0.4, 0.5) is 0 Å². The van der Waals surface area contributed by atoms with Gasteiger partial charge in [0.2, 0.25) is 0 Å². The summed E-state index contributed by atoms with van der Waals surface area (Å²) in [6, 6.07) is 0. The highest BCUT2D eigenvalue weighted by atomic mass is 16.7. The first kappa shape index (κ1) is 11.6. The molecule has 2 heterocycles. The molecule has 0 aliphatic carbocycles. The van der Waals surface area contributed by atoms with E-state index in [-0.39, 0.29) is 30.5 Å². The van der Waals surface area contributed by atoms with Crippen molar-refractivity contribution in [1.82, 2.24) is 0 Å². The first-order chi connectivity index (χ1) is 7.67. The largest absolute Gasteiger partial charge is 0.469 e. The van der Waals surface area contributed by atoms with Crippen LogP contribution in [-0.4, -0.2) is 45.3 Å². The lowest BCUT2D eigenvalue weighted by Gasteiger charge is -2.15. The number of esters is 1. The molecule has 0 amide bonds. The zero-order chi connectivity index (χ0) is 11.7. The van der Waals surface area contributed by atoms with Gasteiger partial charge in [-0.3, -0.25) is 4.79 Å². The summed E-state index contributed by atoms with van der Waals surface area (Å²) < 4.78 is 21.0. The van der Waals surface area contributed by atoms with E-state index in [4.69, 9.17) is 14.2 Å². The molecule has 0 aromatic carbocycles. The minimum Gasteiger partial charge on any atom is -0.469 e. The average molecular weight is 228 g/mol. The van der Waals surface area contributed by atoms with Crippen molar-refractivity contribution in [2.45, 2.75) is 24.9 Å². The van der Waals surface area contributed by atoms with Gasteiger partial charge >= 0.3 is 5.97 Å². The summed E-state index contributed by atoms with van der Waals surface area (Å²) in [5.41, 5.74) is 0.957. The van der Waals surface area contributed by atoms with Gasteiger partial charge in [-0.2, -0.15) is 0 Å². The van der Waals surface area contributed by atoms with Gasteiger partial charge in [-0.05, 0) is 5.57 Å². The van der Waals surface area contributed by atoms with Crippen LogP contribution in [0.2, 0.25) is 0 Å². The fraction of sp³-hybridized carbons (Fsp3) is 0.727. The Morgan fingerprint density at radius 1 is 1.56 bits per heavy atom. The number of rotatable bonds is 3. The van der Waals surface area contributed by atoms with E-state index in [1.165, 1.54) is 7.11 Å². The van der Waals surface area contributed by atoms with E-state index in [1.807, 2.05) is 0 Å². The van der Waals surface area contributed by atoms with Gasteiger partial charge in [0.25, 0.3) is 0 Å². The summed E-state index contributed by atoms with van der Waals surface area (Å²) in [5, 5.41) is 0. The lowest BCUT2D eigenvalue weighted by molar-refractivity contribution is -0.164. The van der Waals surface area contributed by atoms with Gasteiger partial charge in [-0.25, -0.2) is 0 Å². The third kappa shape index (κ3) is 1.86. The number of fused-ring (bicyclic) bond motifs is 1. The third-order valence-electron chi connectivity index (χ3n) is 3.09. The summed E-state index contributed by atoms with van der Waals surface area (Å²) in [7, 11) is 2.93. The molecule has 1 unspecified atom stereocenters. The maximum atomic E-state index is 11.2. The molecule has 0 N–H and O–H groups in total. The Morgan fingerprint density at radius 3 is 2.94 bits per heavy atom. The van der Waals surface area contributed by atoms with E-state index in [1.54, 1.807) is 7.11 Å². The zero-order valence-corrected chi connectivity index (χ0v) is 9.47. The van der Waals surface area contributed by atoms with Gasteiger partial charge in [0.05, 0.1) is 26.2 Å². The Labute approximate surface area is 94.3 Å². The molecular weight excluding hydrogens is 212 g/mol. The van der Waals surface area contributed by atoms with E-state index >= 15 is 0 Å². The zero-order valence-electron chi connectivity index (χ0n) is 9.47. The quantitative estimate of drug-likeness (QED) is 0.520. The summed E-state index contributed by atoms with van der Waals surface area (Å²) in [4.78, 5) is 11.2. The van der Waals surface area contributed by atoms with Crippen molar-refractivity contribution >= 4 is 5.97 Å². The molecule has 2 saturated heterocycles. The molecule has 0 aromatic rings. The summed E-state index contributed by atoms with van der Waals surface area (Å²) in [5.74, 6) is -0.260. The fourth-order valence-electron chi connectivity index (χ4n) is 2.30. The standard InChI is InChI=1S/C11H16O5/c1-6-5-15-10-9(6)7(4-8(12)13-2)16-11(10)14-3/h7,9-11H,1,4-5H2,2-3H3/t7-,9-,10?,11+/m0/s1. The van der Waals surface area contributed by atoms with E-state index < -0.39 is 6.29 Å². The number of hydrogen-bond acceptors (Lipinski definition) is 5. The van der Waals surface area contributed by atoms with Crippen molar-refractivity contribution in [3.63, 3.8) is 0 Å². The highest BCUT2D eigenvalue weighted by molar-refractivity contribution is 5.70. The monoisotopic (exact) mass is 228 g/mol. The topological polar surface area (TPSA) is 54.0 Å². The van der Waals surface area contributed by atoms with Crippen molar-refractivity contribution in [3.8, 4) is 0 Å². The number of hydrogen-bond donors (Lipinski definition) is 0. The Balaban J connectivity index is 2.08. The molecule has 5 nitrogen and oxygen atoms in total. The van der Waals surface area contributed by atoms with Crippen LogP contribution in [0, 0.1) is 5.92 Å². The summed E-state index contributed by atoms with van der Waals surface area (Å²) in [6.45, 7) is 4.45. The maximum absolute atomic E-state index is 11.2. The van der Waals surface area contributed by atoms with E-state index in [9.17, 15) is 4.79 Å². The molecule has 90 valence electrons. The second-order valence-electron chi connectivity index (χ2n) is 4.02. The van der Waals surface area contributed by atoms with Crippen LogP contribution < -0.4 is 0 Å². The minimum absolute atomic E-state index is 0.0315. The fourth-order valence-corrected chi connectivity index (χ4v) is 2.30. The van der Waals surface area contributed by atoms with E-state index in [0.29, 0.717) is 6.61 Å². The van der Waals surface area contributed by atoms with Crippen molar-refractivity contribution < 1.29 is 23.7 Å². The highest BCUT2D eigenvalue weighted by Gasteiger charge is 2.50. The van der Waals surface area contributed by atoms with Gasteiger partial charge in [0.1, 0.15) is 6.10 Å². The molecule has 5 heteroatoms. The molecule has 0 spiro atoms. The number of methoxy groups -OCH3 is 2. The van der Waals surface area contributed by atoms with Crippen LogP contribution in [0.1, 0.15) is 6.42 Å². The van der Waals surface area contributed by atoms with Gasteiger partial charge in [0.15, 0.2) is 6.29 Å². The first-order valence-corrected chi connectivity index (χ1v) is 5.21. The molecule has 2 rings (SSSR count). The Morgan fingerprint density at radius 2 is 2.31 bits per heavy atom. The molecule has 2 aliphatic heterocycles. The van der Waals surface area contributed by atoms with Crippen LogP contribution in [0.15, 0.2) is 12.2 Å². The first-order valence-electron chi connectivity index (χ1n) is 5.21. The normalized spacial score (nSPS) is 37.5. The third-order valence-corrected chi connectivity index (χ3v) is 3.09. The minimum atomic E-state index is -0.418. The molecule has 2 fully saturated rings. The molecular formula is C11H16O5. The second-order valence-corrected chi connectivity index (χ2v) is 4.02. The maximum Gasteiger partial charge on any atom is 0.308 e. The molecule has 0 saturated carbocycles. The summed E-state index contributed by atoms with van der Waals surface area (Å²) >= 11 is 0. The van der Waals surface area contributed by atoms with Crippen molar-refractivity contribution in [3.05, 3.63) is 12.2 Å².